The summed E-state index contributed by atoms with van der Waals surface area (Å²) in [5.74, 6) is -1.07. The number of aliphatic carboxylic acids is 1. The summed E-state index contributed by atoms with van der Waals surface area (Å²) >= 11 is 0. The molecule has 0 heterocycles. The summed E-state index contributed by atoms with van der Waals surface area (Å²) in [5.41, 5.74) is 2.56. The molecule has 0 aliphatic carbocycles. The van der Waals surface area contributed by atoms with Crippen molar-refractivity contribution in [1.82, 2.24) is 0 Å². The molecule has 0 saturated heterocycles. The number of carboxylic acids is 1. The van der Waals surface area contributed by atoms with Crippen LogP contribution in [0.2, 0.25) is 0 Å². The number of oxime groups is 2. The zero-order chi connectivity index (χ0) is 18.7. The maximum Gasteiger partial charge on any atom is 0.339 e. The molecule has 0 unspecified atom stereocenters. The molecule has 0 radical (unpaired) electrons. The Morgan fingerprint density at radius 3 is 2.56 bits per heavy atom. The van der Waals surface area contributed by atoms with Gasteiger partial charge in [0.2, 0.25) is 0 Å². The zero-order valence-corrected chi connectivity index (χ0v) is 15.0. The predicted molar refractivity (Wildman–Crippen MR) is 96.3 cm³/mol. The van der Waals surface area contributed by atoms with Gasteiger partial charge in [-0.2, -0.15) is 0 Å². The van der Waals surface area contributed by atoms with Crippen LogP contribution in [0.4, 0.5) is 0 Å². The molecule has 0 spiro atoms. The Labute approximate surface area is 147 Å². The summed E-state index contributed by atoms with van der Waals surface area (Å²) < 4.78 is 5.14. The van der Waals surface area contributed by atoms with E-state index in [2.05, 4.69) is 10.3 Å². The van der Waals surface area contributed by atoms with Crippen molar-refractivity contribution in [2.75, 3.05) is 13.7 Å². The predicted octanol–water partition coefficient (Wildman–Crippen LogP) is 3.45. The number of nitrogens with zero attached hydrogens (tertiary/aromatic N) is 2. The van der Waals surface area contributed by atoms with Gasteiger partial charge in [0.15, 0.2) is 0 Å². The molecule has 136 valence electrons. The van der Waals surface area contributed by atoms with Crippen LogP contribution in [0.15, 0.2) is 40.8 Å². The summed E-state index contributed by atoms with van der Waals surface area (Å²) in [4.78, 5) is 21.6. The molecule has 0 aliphatic rings. The summed E-state index contributed by atoms with van der Waals surface area (Å²) in [5, 5.41) is 17.3. The van der Waals surface area contributed by atoms with Crippen molar-refractivity contribution < 1.29 is 24.3 Å². The second kappa shape index (κ2) is 10.9. The summed E-state index contributed by atoms with van der Waals surface area (Å²) in [6.45, 7) is 6.00. The molecule has 1 N–H and O–H groups in total. The smallest absolute Gasteiger partial charge is 0.339 e. The highest BCUT2D eigenvalue weighted by atomic mass is 16.6. The van der Waals surface area contributed by atoms with E-state index in [0.717, 1.165) is 0 Å². The maximum absolute atomic E-state index is 11.5. The van der Waals surface area contributed by atoms with Gasteiger partial charge < -0.3 is 19.5 Å². The van der Waals surface area contributed by atoms with Gasteiger partial charge in [-0.15, -0.1) is 0 Å². The van der Waals surface area contributed by atoms with E-state index in [1.165, 1.54) is 13.4 Å². The van der Waals surface area contributed by atoms with Gasteiger partial charge in [-0.1, -0.05) is 41.5 Å². The van der Waals surface area contributed by atoms with Gasteiger partial charge >= 0.3 is 5.97 Å². The first-order valence-electron chi connectivity index (χ1n) is 7.95. The largest absolute Gasteiger partial charge is 0.501 e. The first kappa shape index (κ1) is 20.2. The maximum atomic E-state index is 11.5. The minimum atomic E-state index is -1.07. The first-order valence-corrected chi connectivity index (χ1v) is 7.95. The van der Waals surface area contributed by atoms with Gasteiger partial charge in [0.1, 0.15) is 30.7 Å². The van der Waals surface area contributed by atoms with Crippen LogP contribution < -0.4 is 0 Å². The van der Waals surface area contributed by atoms with Crippen molar-refractivity contribution in [3.8, 4) is 0 Å². The van der Waals surface area contributed by atoms with Crippen LogP contribution in [-0.4, -0.2) is 36.2 Å². The van der Waals surface area contributed by atoms with Crippen LogP contribution >= 0.6 is 0 Å². The molecule has 0 aliphatic heterocycles. The van der Waals surface area contributed by atoms with Gasteiger partial charge in [-0.3, -0.25) is 0 Å². The molecule has 1 aromatic rings. The highest BCUT2D eigenvalue weighted by Gasteiger charge is 2.15. The lowest BCUT2D eigenvalue weighted by molar-refractivity contribution is -0.130. The quantitative estimate of drug-likeness (QED) is 0.303. The number of benzene rings is 1. The topological polar surface area (TPSA) is 89.7 Å². The second-order valence-electron chi connectivity index (χ2n) is 4.97. The van der Waals surface area contributed by atoms with Crippen LogP contribution in [0, 0.1) is 0 Å². The highest BCUT2D eigenvalue weighted by Crippen LogP contribution is 2.21. The molecule has 0 amide bonds. The Hall–Kier alpha value is -2.83. The molecular formula is C18H24N2O5. The molecule has 0 fully saturated rings. The van der Waals surface area contributed by atoms with Crippen LogP contribution in [0.25, 0.3) is 5.57 Å². The zero-order valence-electron chi connectivity index (χ0n) is 15.0. The third-order valence-electron chi connectivity index (χ3n) is 3.28. The van der Waals surface area contributed by atoms with Crippen LogP contribution in [0.5, 0.6) is 0 Å². The van der Waals surface area contributed by atoms with E-state index in [4.69, 9.17) is 14.4 Å². The van der Waals surface area contributed by atoms with Crippen molar-refractivity contribution in [3.63, 3.8) is 0 Å². The fourth-order valence-electron chi connectivity index (χ4n) is 2.05. The number of hydrogen-bond donors (Lipinski definition) is 1. The SMILES string of the molecule is CCO/C=C(/C(=O)O)c1ccccc1CO/N=C(C)/C(CC)=N/OC. The third-order valence-corrected chi connectivity index (χ3v) is 3.28. The molecule has 1 aromatic carbocycles. The molecular weight excluding hydrogens is 324 g/mol. The Kier molecular flexibility index (Phi) is 8.78. The van der Waals surface area contributed by atoms with Crippen molar-refractivity contribution in [2.24, 2.45) is 10.3 Å². The Morgan fingerprint density at radius 1 is 1.24 bits per heavy atom. The average Bonchev–Trinajstić information content (AvgIpc) is 2.60. The molecule has 0 bridgehead atoms. The van der Waals surface area contributed by atoms with E-state index in [0.29, 0.717) is 35.6 Å². The van der Waals surface area contributed by atoms with Gasteiger partial charge in [-0.25, -0.2) is 4.79 Å². The van der Waals surface area contributed by atoms with Gasteiger partial charge in [0.25, 0.3) is 0 Å². The summed E-state index contributed by atoms with van der Waals surface area (Å²) in [7, 11) is 1.47. The monoisotopic (exact) mass is 348 g/mol. The average molecular weight is 348 g/mol. The number of carbonyl (C=O) groups is 1. The number of hydrogen-bond acceptors (Lipinski definition) is 6. The van der Waals surface area contributed by atoms with E-state index < -0.39 is 5.97 Å². The van der Waals surface area contributed by atoms with E-state index in [-0.39, 0.29) is 12.2 Å². The van der Waals surface area contributed by atoms with Crippen LogP contribution in [0.3, 0.4) is 0 Å². The van der Waals surface area contributed by atoms with Crippen LogP contribution in [0.1, 0.15) is 38.3 Å². The fraction of sp³-hybridized carbons (Fsp3) is 0.389. The van der Waals surface area contributed by atoms with E-state index in [1.807, 2.05) is 13.0 Å². The van der Waals surface area contributed by atoms with E-state index in [1.54, 1.807) is 32.0 Å². The fourth-order valence-corrected chi connectivity index (χ4v) is 2.05. The lowest BCUT2D eigenvalue weighted by Crippen LogP contribution is -2.10. The van der Waals surface area contributed by atoms with Gasteiger partial charge in [-0.05, 0) is 25.8 Å². The summed E-state index contributed by atoms with van der Waals surface area (Å²) in [6, 6.07) is 7.06. The van der Waals surface area contributed by atoms with Crippen molar-refractivity contribution in [1.29, 1.82) is 0 Å². The molecule has 25 heavy (non-hydrogen) atoms. The van der Waals surface area contributed by atoms with Crippen molar-refractivity contribution in [2.45, 2.75) is 33.8 Å². The lowest BCUT2D eigenvalue weighted by atomic mass is 10.0. The standard InChI is InChI=1S/C18H24N2O5/c1-5-17(20-23-4)13(3)19-25-11-14-9-7-8-10-15(14)16(18(21)22)12-24-6-2/h7-10,12H,5-6,11H2,1-4H3,(H,21,22)/b16-12+,19-13+,20-17+. The van der Waals surface area contributed by atoms with Gasteiger partial charge in [0.05, 0.1) is 12.9 Å². The van der Waals surface area contributed by atoms with Gasteiger partial charge in [0, 0.05) is 5.56 Å². The van der Waals surface area contributed by atoms with Crippen molar-refractivity contribution >= 4 is 23.0 Å². The number of carboxylic acid groups (broad SMARTS) is 1. The Bertz CT molecular complexity index is 665. The number of ether oxygens (including phenoxy) is 1. The normalized spacial score (nSPS) is 12.7. The molecule has 7 heteroatoms. The molecule has 1 rings (SSSR count). The van der Waals surface area contributed by atoms with E-state index in [9.17, 15) is 9.90 Å². The third kappa shape index (κ3) is 6.29. The minimum absolute atomic E-state index is 0.0666. The van der Waals surface area contributed by atoms with Crippen LogP contribution in [-0.2, 0) is 25.8 Å². The molecule has 7 nitrogen and oxygen atoms in total. The molecule has 0 aromatic heterocycles. The lowest BCUT2D eigenvalue weighted by Gasteiger charge is -2.10. The second-order valence-corrected chi connectivity index (χ2v) is 4.97. The molecule has 0 atom stereocenters. The van der Waals surface area contributed by atoms with Crippen molar-refractivity contribution in [3.05, 3.63) is 41.7 Å². The molecule has 0 saturated carbocycles. The van der Waals surface area contributed by atoms with E-state index >= 15 is 0 Å². The minimum Gasteiger partial charge on any atom is -0.501 e. The first-order chi connectivity index (χ1) is 12.0. The number of rotatable bonds is 10. The Morgan fingerprint density at radius 2 is 1.96 bits per heavy atom. The highest BCUT2D eigenvalue weighted by molar-refractivity contribution is 6.41. The summed E-state index contributed by atoms with van der Waals surface area (Å²) in [6.07, 6.45) is 1.90. The Balaban J connectivity index is 2.97.